The van der Waals surface area contributed by atoms with Crippen LogP contribution >= 0.6 is 22.9 Å². The molecule has 3 aromatic rings. The van der Waals surface area contributed by atoms with E-state index in [2.05, 4.69) is 15.0 Å². The highest BCUT2D eigenvalue weighted by molar-refractivity contribution is 7.07. The molecule has 0 fully saturated rings. The third-order valence-corrected chi connectivity index (χ3v) is 3.94. The van der Waals surface area contributed by atoms with Crippen LogP contribution in [0.25, 0.3) is 11.2 Å². The number of nitrogens with one attached hydrogen (secondary N) is 1. The van der Waals surface area contributed by atoms with Gasteiger partial charge in [-0.25, -0.2) is 9.97 Å². The first-order valence-corrected chi connectivity index (χ1v) is 7.64. The largest absolute Gasteiger partial charge is 0.315 e. The van der Waals surface area contributed by atoms with Gasteiger partial charge in [0.1, 0.15) is 11.3 Å². The molecule has 7 heteroatoms. The topological polar surface area (TPSA) is 63.6 Å². The van der Waals surface area contributed by atoms with Crippen LogP contribution in [0.15, 0.2) is 22.3 Å². The predicted molar refractivity (Wildman–Crippen MR) is 80.7 cm³/mol. The zero-order valence-corrected chi connectivity index (χ0v) is 12.5. The van der Waals surface area contributed by atoms with Gasteiger partial charge >= 0.3 is 4.87 Å². The van der Waals surface area contributed by atoms with E-state index in [1.165, 1.54) is 0 Å². The number of nitrogens with zero attached hydrogens (tertiary/aromatic N) is 3. The molecule has 0 aromatic carbocycles. The number of thiazole rings is 1. The summed E-state index contributed by atoms with van der Waals surface area (Å²) in [6.07, 6.45) is 0.672. The summed E-state index contributed by atoms with van der Waals surface area (Å²) in [5.74, 6) is 1.39. The number of H-pyrrole nitrogens is 1. The minimum Gasteiger partial charge on any atom is -0.315 e. The van der Waals surface area contributed by atoms with Crippen LogP contribution in [-0.4, -0.2) is 25.4 Å². The predicted octanol–water partition coefficient (Wildman–Crippen LogP) is 2.32. The number of pyridine rings is 1. The van der Waals surface area contributed by atoms with Gasteiger partial charge in [0, 0.05) is 29.1 Å². The van der Waals surface area contributed by atoms with Crippen LogP contribution in [0.4, 0.5) is 0 Å². The monoisotopic (exact) mass is 308 g/mol. The molecule has 3 aromatic heterocycles. The number of rotatable bonds is 4. The Balaban J connectivity index is 2.12. The van der Waals surface area contributed by atoms with Crippen molar-refractivity contribution in [1.82, 2.24) is 19.5 Å². The minimum absolute atomic E-state index is 0.0487. The summed E-state index contributed by atoms with van der Waals surface area (Å²) in [4.78, 5) is 23.1. The van der Waals surface area contributed by atoms with Crippen molar-refractivity contribution >= 4 is 34.1 Å². The SMILES string of the molecule is Cc1ccc2nc(CCCl)n(Cc3csc(=O)[nH]3)c2n1. The van der Waals surface area contributed by atoms with Gasteiger partial charge in [-0.15, -0.1) is 11.6 Å². The molecule has 0 saturated carbocycles. The average molecular weight is 309 g/mol. The quantitative estimate of drug-likeness (QED) is 0.752. The van der Waals surface area contributed by atoms with Gasteiger partial charge in [-0.05, 0) is 19.1 Å². The van der Waals surface area contributed by atoms with Crippen LogP contribution in [0, 0.1) is 6.92 Å². The van der Waals surface area contributed by atoms with Gasteiger partial charge in [-0.3, -0.25) is 4.79 Å². The number of halogens is 1. The third-order valence-electron chi connectivity index (χ3n) is 3.03. The maximum atomic E-state index is 11.2. The lowest BCUT2D eigenvalue weighted by molar-refractivity contribution is 0.733. The second-order valence-corrected chi connectivity index (χ2v) is 5.74. The zero-order valence-electron chi connectivity index (χ0n) is 10.9. The van der Waals surface area contributed by atoms with Crippen molar-refractivity contribution in [2.24, 2.45) is 0 Å². The maximum absolute atomic E-state index is 11.2. The van der Waals surface area contributed by atoms with Gasteiger partial charge in [0.2, 0.25) is 0 Å². The van der Waals surface area contributed by atoms with Gasteiger partial charge < -0.3 is 9.55 Å². The molecule has 0 bridgehead atoms. The van der Waals surface area contributed by atoms with Gasteiger partial charge in [0.15, 0.2) is 5.65 Å². The molecule has 0 spiro atoms. The Bertz CT molecular complexity index is 804. The van der Waals surface area contributed by atoms with Crippen molar-refractivity contribution in [3.05, 3.63) is 44.4 Å². The molecule has 0 unspecified atom stereocenters. The molecule has 0 amide bonds. The van der Waals surface area contributed by atoms with E-state index in [1.807, 2.05) is 29.0 Å². The summed E-state index contributed by atoms with van der Waals surface area (Å²) in [6.45, 7) is 2.50. The summed E-state index contributed by atoms with van der Waals surface area (Å²) in [5, 5.41) is 1.83. The lowest BCUT2D eigenvalue weighted by Gasteiger charge is -2.06. The summed E-state index contributed by atoms with van der Waals surface area (Å²) < 4.78 is 2.02. The average Bonchev–Trinajstić information content (AvgIpc) is 2.96. The second kappa shape index (κ2) is 5.38. The highest BCUT2D eigenvalue weighted by Crippen LogP contribution is 2.17. The fourth-order valence-corrected chi connectivity index (χ4v) is 2.89. The summed E-state index contributed by atoms with van der Waals surface area (Å²) in [7, 11) is 0. The molecular formula is C13H13ClN4OS. The summed E-state index contributed by atoms with van der Waals surface area (Å²) >= 11 is 7.01. The number of hydrogen-bond donors (Lipinski definition) is 1. The number of fused-ring (bicyclic) bond motifs is 1. The van der Waals surface area contributed by atoms with Crippen molar-refractivity contribution in [2.75, 3.05) is 5.88 Å². The van der Waals surface area contributed by atoms with Gasteiger partial charge in [-0.2, -0.15) is 0 Å². The Labute approximate surface area is 124 Å². The van der Waals surface area contributed by atoms with Crippen LogP contribution in [-0.2, 0) is 13.0 Å². The van der Waals surface area contributed by atoms with Crippen LogP contribution < -0.4 is 4.87 Å². The molecular weight excluding hydrogens is 296 g/mol. The molecule has 0 saturated heterocycles. The zero-order chi connectivity index (χ0) is 14.1. The van der Waals surface area contributed by atoms with Crippen molar-refractivity contribution in [3.63, 3.8) is 0 Å². The van der Waals surface area contributed by atoms with Crippen LogP contribution in [0.3, 0.4) is 0 Å². The highest BCUT2D eigenvalue weighted by atomic mass is 35.5. The van der Waals surface area contributed by atoms with E-state index in [9.17, 15) is 4.79 Å². The Kier molecular flexibility index (Phi) is 3.58. The van der Waals surface area contributed by atoms with Gasteiger partial charge in [0.05, 0.1) is 6.54 Å². The summed E-state index contributed by atoms with van der Waals surface area (Å²) in [6, 6.07) is 3.90. The molecule has 5 nitrogen and oxygen atoms in total. The van der Waals surface area contributed by atoms with E-state index < -0.39 is 0 Å². The number of imidazole rings is 1. The first-order valence-electron chi connectivity index (χ1n) is 6.23. The lowest BCUT2D eigenvalue weighted by Crippen LogP contribution is -2.08. The Morgan fingerprint density at radius 2 is 2.25 bits per heavy atom. The van der Waals surface area contributed by atoms with Crippen LogP contribution in [0.5, 0.6) is 0 Å². The van der Waals surface area contributed by atoms with Crippen molar-refractivity contribution in [3.8, 4) is 0 Å². The fourth-order valence-electron chi connectivity index (χ4n) is 2.15. The number of hydrogen-bond acceptors (Lipinski definition) is 4. The molecule has 20 heavy (non-hydrogen) atoms. The molecule has 0 aliphatic rings. The Morgan fingerprint density at radius 1 is 1.40 bits per heavy atom. The molecule has 104 valence electrons. The fraction of sp³-hybridized carbons (Fsp3) is 0.308. The molecule has 1 N–H and O–H groups in total. The highest BCUT2D eigenvalue weighted by Gasteiger charge is 2.13. The van der Waals surface area contributed by atoms with E-state index in [4.69, 9.17) is 11.6 Å². The van der Waals surface area contributed by atoms with Gasteiger partial charge in [-0.1, -0.05) is 11.3 Å². The van der Waals surface area contributed by atoms with Crippen molar-refractivity contribution < 1.29 is 0 Å². The van der Waals surface area contributed by atoms with Crippen LogP contribution in [0.1, 0.15) is 17.2 Å². The molecule has 0 radical (unpaired) electrons. The number of alkyl halides is 1. The summed E-state index contributed by atoms with van der Waals surface area (Å²) in [5.41, 5.74) is 3.48. The lowest BCUT2D eigenvalue weighted by atomic mass is 10.3. The molecule has 0 aliphatic heterocycles. The van der Waals surface area contributed by atoms with Crippen molar-refractivity contribution in [1.29, 1.82) is 0 Å². The molecule has 0 aliphatic carbocycles. The maximum Gasteiger partial charge on any atom is 0.304 e. The van der Waals surface area contributed by atoms with Gasteiger partial charge in [0.25, 0.3) is 0 Å². The van der Waals surface area contributed by atoms with E-state index in [0.29, 0.717) is 18.8 Å². The minimum atomic E-state index is -0.0487. The third kappa shape index (κ3) is 2.48. The molecule has 3 heterocycles. The van der Waals surface area contributed by atoms with E-state index >= 15 is 0 Å². The van der Waals surface area contributed by atoms with Crippen LogP contribution in [0.2, 0.25) is 0 Å². The number of aromatic nitrogens is 4. The Hall–Kier alpha value is -1.66. The van der Waals surface area contributed by atoms with Crippen molar-refractivity contribution in [2.45, 2.75) is 19.9 Å². The molecule has 3 rings (SSSR count). The normalized spacial score (nSPS) is 11.3. The van der Waals surface area contributed by atoms with E-state index in [-0.39, 0.29) is 4.87 Å². The van der Waals surface area contributed by atoms with E-state index in [0.717, 1.165) is 39.7 Å². The standard InChI is InChI=1S/C13H13ClN4OS/c1-8-2-3-10-12(15-8)18(11(17-10)4-5-14)6-9-7-20-13(19)16-9/h2-3,7H,4-6H2,1H3,(H,16,19). The second-order valence-electron chi connectivity index (χ2n) is 4.52. The van der Waals surface area contributed by atoms with E-state index in [1.54, 1.807) is 0 Å². The smallest absolute Gasteiger partial charge is 0.304 e. The first kappa shape index (κ1) is 13.3. The Morgan fingerprint density at radius 3 is 2.95 bits per heavy atom. The number of aromatic amines is 1. The number of aryl methyl sites for hydroxylation is 2. The molecule has 0 atom stereocenters. The first-order chi connectivity index (χ1) is 9.67.